The summed E-state index contributed by atoms with van der Waals surface area (Å²) < 4.78 is 0. The zero-order valence-electron chi connectivity index (χ0n) is 9.10. The number of thioether (sulfide) groups is 1. The molecule has 1 unspecified atom stereocenters. The molecule has 6 heteroatoms. The lowest BCUT2D eigenvalue weighted by molar-refractivity contribution is 0.958. The van der Waals surface area contributed by atoms with E-state index in [4.69, 9.17) is 5.26 Å². The second-order valence-corrected chi connectivity index (χ2v) is 4.81. The molecule has 1 atom stereocenters. The van der Waals surface area contributed by atoms with Crippen LogP contribution in [0.15, 0.2) is 34.2 Å². The molecule has 0 spiro atoms. The molecule has 0 fully saturated rings. The van der Waals surface area contributed by atoms with Gasteiger partial charge in [0.15, 0.2) is 5.16 Å². The fourth-order valence-electron chi connectivity index (χ4n) is 1.41. The van der Waals surface area contributed by atoms with Crippen molar-refractivity contribution in [3.8, 4) is 6.07 Å². The summed E-state index contributed by atoms with van der Waals surface area (Å²) in [6.07, 6.45) is 0. The maximum Gasteiger partial charge on any atom is 0.341 e. The predicted octanol–water partition coefficient (Wildman–Crippen LogP) is 1.82. The van der Waals surface area contributed by atoms with Crippen LogP contribution in [0, 0.1) is 11.3 Å². The summed E-state index contributed by atoms with van der Waals surface area (Å²) in [6.45, 7) is 1.99. The smallest absolute Gasteiger partial charge is 0.284 e. The summed E-state index contributed by atoms with van der Waals surface area (Å²) in [5.74, 6) is 0. The van der Waals surface area contributed by atoms with E-state index in [1.807, 2.05) is 25.1 Å². The van der Waals surface area contributed by atoms with Crippen molar-refractivity contribution < 1.29 is 0 Å². The molecule has 86 valence electrons. The number of aromatic nitrogens is 3. The van der Waals surface area contributed by atoms with Gasteiger partial charge < -0.3 is 0 Å². The van der Waals surface area contributed by atoms with E-state index in [1.165, 1.54) is 11.8 Å². The van der Waals surface area contributed by atoms with Gasteiger partial charge in [0.1, 0.15) is 0 Å². The van der Waals surface area contributed by atoms with E-state index < -0.39 is 0 Å². The fraction of sp³-hybridized carbons (Fsp3) is 0.182. The van der Waals surface area contributed by atoms with Gasteiger partial charge in [-0.05, 0) is 24.6 Å². The van der Waals surface area contributed by atoms with Crippen molar-refractivity contribution in [1.82, 2.24) is 15.2 Å². The number of H-pyrrole nitrogens is 2. The van der Waals surface area contributed by atoms with Crippen molar-refractivity contribution in [2.24, 2.45) is 0 Å². The first-order valence-corrected chi connectivity index (χ1v) is 5.88. The Morgan fingerprint density at radius 3 is 3.00 bits per heavy atom. The van der Waals surface area contributed by atoms with Crippen LogP contribution in [0.5, 0.6) is 0 Å². The summed E-state index contributed by atoms with van der Waals surface area (Å²) in [6, 6.07) is 9.49. The van der Waals surface area contributed by atoms with Crippen LogP contribution in [0.2, 0.25) is 0 Å². The molecule has 17 heavy (non-hydrogen) atoms. The van der Waals surface area contributed by atoms with Crippen LogP contribution in [0.4, 0.5) is 0 Å². The van der Waals surface area contributed by atoms with Gasteiger partial charge in [0, 0.05) is 5.25 Å². The Morgan fingerprint density at radius 2 is 2.35 bits per heavy atom. The highest BCUT2D eigenvalue weighted by molar-refractivity contribution is 7.99. The molecule has 2 N–H and O–H groups in total. The van der Waals surface area contributed by atoms with E-state index in [2.05, 4.69) is 21.3 Å². The van der Waals surface area contributed by atoms with Crippen LogP contribution in [0.1, 0.15) is 23.3 Å². The van der Waals surface area contributed by atoms with E-state index in [1.54, 1.807) is 6.07 Å². The van der Waals surface area contributed by atoms with Gasteiger partial charge in [0.2, 0.25) is 0 Å². The average Bonchev–Trinajstić information content (AvgIpc) is 2.75. The SMILES string of the molecule is CC(Sc1n[nH]c(=O)[nH]1)c1cccc(C#N)c1. The van der Waals surface area contributed by atoms with Gasteiger partial charge in [-0.25, -0.2) is 9.89 Å². The van der Waals surface area contributed by atoms with Crippen molar-refractivity contribution in [3.63, 3.8) is 0 Å². The Balaban J connectivity index is 2.17. The van der Waals surface area contributed by atoms with E-state index in [9.17, 15) is 4.79 Å². The minimum atomic E-state index is -0.314. The number of nitrogens with zero attached hydrogens (tertiary/aromatic N) is 2. The molecule has 5 nitrogen and oxygen atoms in total. The van der Waals surface area contributed by atoms with E-state index in [-0.39, 0.29) is 10.9 Å². The topological polar surface area (TPSA) is 85.3 Å². The lowest BCUT2D eigenvalue weighted by atomic mass is 10.1. The number of aromatic amines is 2. The van der Waals surface area contributed by atoms with E-state index in [0.29, 0.717) is 10.7 Å². The Labute approximate surface area is 102 Å². The normalized spacial score (nSPS) is 12.0. The molecule has 1 heterocycles. The van der Waals surface area contributed by atoms with Crippen LogP contribution in [-0.4, -0.2) is 15.2 Å². The average molecular weight is 246 g/mol. The molecular formula is C11H10N4OS. The minimum Gasteiger partial charge on any atom is -0.284 e. The zero-order valence-corrected chi connectivity index (χ0v) is 9.91. The monoisotopic (exact) mass is 246 g/mol. The number of hydrogen-bond donors (Lipinski definition) is 2. The third kappa shape index (κ3) is 2.77. The summed E-state index contributed by atoms with van der Waals surface area (Å²) in [4.78, 5) is 13.5. The van der Waals surface area contributed by atoms with Gasteiger partial charge in [-0.3, -0.25) is 4.98 Å². The maximum absolute atomic E-state index is 10.9. The molecule has 0 amide bonds. The van der Waals surface area contributed by atoms with Crippen LogP contribution in [-0.2, 0) is 0 Å². The van der Waals surface area contributed by atoms with Gasteiger partial charge >= 0.3 is 5.69 Å². The first kappa shape index (κ1) is 11.5. The van der Waals surface area contributed by atoms with Gasteiger partial charge in [-0.15, -0.1) is 5.10 Å². The van der Waals surface area contributed by atoms with Gasteiger partial charge in [-0.2, -0.15) is 5.26 Å². The highest BCUT2D eigenvalue weighted by Gasteiger charge is 2.10. The van der Waals surface area contributed by atoms with Crippen LogP contribution in [0.3, 0.4) is 0 Å². The molecule has 0 aliphatic rings. The molecule has 1 aromatic carbocycles. The zero-order chi connectivity index (χ0) is 12.3. The van der Waals surface area contributed by atoms with Crippen LogP contribution < -0.4 is 5.69 Å². The Bertz CT molecular complexity index is 610. The number of nitrogens with one attached hydrogen (secondary N) is 2. The second kappa shape index (κ2) is 4.89. The summed E-state index contributed by atoms with van der Waals surface area (Å²) in [7, 11) is 0. The molecule has 1 aromatic heterocycles. The number of rotatable bonds is 3. The quantitative estimate of drug-likeness (QED) is 0.809. The van der Waals surface area contributed by atoms with Gasteiger partial charge in [0.25, 0.3) is 0 Å². The number of hydrogen-bond acceptors (Lipinski definition) is 4. The third-order valence-electron chi connectivity index (χ3n) is 2.25. The van der Waals surface area contributed by atoms with Crippen molar-refractivity contribution in [3.05, 3.63) is 45.9 Å². The molecule has 2 aromatic rings. The van der Waals surface area contributed by atoms with Gasteiger partial charge in [-0.1, -0.05) is 23.9 Å². The summed E-state index contributed by atoms with van der Waals surface area (Å²) in [5.41, 5.74) is 1.34. The molecule has 0 saturated carbocycles. The summed E-state index contributed by atoms with van der Waals surface area (Å²) >= 11 is 1.43. The Hall–Kier alpha value is -2.00. The minimum absolute atomic E-state index is 0.113. The molecule has 0 bridgehead atoms. The number of benzene rings is 1. The predicted molar refractivity (Wildman–Crippen MR) is 64.6 cm³/mol. The second-order valence-electron chi connectivity index (χ2n) is 3.48. The highest BCUT2D eigenvalue weighted by Crippen LogP contribution is 2.32. The lowest BCUT2D eigenvalue weighted by Gasteiger charge is -2.09. The van der Waals surface area contributed by atoms with Crippen molar-refractivity contribution in [2.45, 2.75) is 17.3 Å². The Kier molecular flexibility index (Phi) is 3.30. The first-order valence-electron chi connectivity index (χ1n) is 5.00. The van der Waals surface area contributed by atoms with Crippen molar-refractivity contribution in [1.29, 1.82) is 5.26 Å². The number of nitriles is 1. The molecule has 0 radical (unpaired) electrons. The van der Waals surface area contributed by atoms with E-state index >= 15 is 0 Å². The van der Waals surface area contributed by atoms with Crippen LogP contribution in [0.25, 0.3) is 0 Å². The van der Waals surface area contributed by atoms with Gasteiger partial charge in [0.05, 0.1) is 11.6 Å². The molecule has 0 aliphatic carbocycles. The maximum atomic E-state index is 10.9. The molecular weight excluding hydrogens is 236 g/mol. The molecule has 0 aliphatic heterocycles. The van der Waals surface area contributed by atoms with E-state index in [0.717, 1.165) is 5.56 Å². The van der Waals surface area contributed by atoms with Crippen molar-refractivity contribution in [2.75, 3.05) is 0 Å². The first-order chi connectivity index (χ1) is 8.19. The van der Waals surface area contributed by atoms with Crippen LogP contribution >= 0.6 is 11.8 Å². The third-order valence-corrected chi connectivity index (χ3v) is 3.30. The Morgan fingerprint density at radius 1 is 1.53 bits per heavy atom. The molecule has 0 saturated heterocycles. The standard InChI is InChI=1S/C11H10N4OS/c1-7(17-11-13-10(16)14-15-11)9-4-2-3-8(5-9)6-12/h2-5,7H,1H3,(H2,13,14,15,16). The fourth-order valence-corrected chi connectivity index (χ4v) is 2.27. The lowest BCUT2D eigenvalue weighted by Crippen LogP contribution is -2.00. The summed E-state index contributed by atoms with van der Waals surface area (Å²) in [5, 5.41) is 15.6. The largest absolute Gasteiger partial charge is 0.341 e. The highest BCUT2D eigenvalue weighted by atomic mass is 32.2. The molecule has 2 rings (SSSR count). The van der Waals surface area contributed by atoms with Crippen molar-refractivity contribution >= 4 is 11.8 Å².